The van der Waals surface area contributed by atoms with Crippen LogP contribution in [0, 0.1) is 0 Å². The Morgan fingerprint density at radius 2 is 1.92 bits per heavy atom. The van der Waals surface area contributed by atoms with E-state index < -0.39 is 0 Å². The molecule has 0 saturated carbocycles. The molecule has 0 aromatic heterocycles. The second-order valence-electron chi connectivity index (χ2n) is 2.79. The Morgan fingerprint density at radius 3 is 2.46 bits per heavy atom. The number of aliphatic hydroxyl groups is 1. The summed E-state index contributed by atoms with van der Waals surface area (Å²) in [5.74, 6) is 0. The van der Waals surface area contributed by atoms with Crippen LogP contribution in [0.1, 0.15) is 18.9 Å². The van der Waals surface area contributed by atoms with Gasteiger partial charge in [0.05, 0.1) is 0 Å². The van der Waals surface area contributed by atoms with Gasteiger partial charge >= 0.3 is 0 Å². The van der Waals surface area contributed by atoms with E-state index in [1.54, 1.807) is 0 Å². The van der Waals surface area contributed by atoms with E-state index in [-0.39, 0.29) is 18.6 Å². The van der Waals surface area contributed by atoms with Crippen molar-refractivity contribution < 1.29 is 5.11 Å². The number of aliphatic hydroxyl groups excluding tert-OH is 1. The molecule has 0 heterocycles. The molecule has 0 aliphatic carbocycles. The summed E-state index contributed by atoms with van der Waals surface area (Å²) in [7, 11) is 0. The lowest BCUT2D eigenvalue weighted by Gasteiger charge is -2.09. The van der Waals surface area contributed by atoms with Gasteiger partial charge in [-0.3, -0.25) is 5.32 Å². The average molecular weight is 202 g/mol. The minimum Gasteiger partial charge on any atom is -0.379 e. The number of rotatable bonds is 4. The third-order valence-electron chi connectivity index (χ3n) is 1.77. The number of hydrogen-bond donors (Lipinski definition) is 2. The molecular weight excluding hydrogens is 186 g/mol. The van der Waals surface area contributed by atoms with Gasteiger partial charge in [0, 0.05) is 6.54 Å². The van der Waals surface area contributed by atoms with Gasteiger partial charge in [0.2, 0.25) is 0 Å². The van der Waals surface area contributed by atoms with Crippen LogP contribution in [0.25, 0.3) is 0 Å². The molecule has 0 amide bonds. The number of benzene rings is 1. The maximum absolute atomic E-state index is 9.21. The molecule has 2 nitrogen and oxygen atoms in total. The Bertz CT molecular complexity index is 215. The molecule has 1 aromatic rings. The normalized spacial score (nSPS) is 11.8. The summed E-state index contributed by atoms with van der Waals surface area (Å²) >= 11 is 0. The molecule has 0 saturated heterocycles. The van der Waals surface area contributed by atoms with Gasteiger partial charge in [0.15, 0.2) is 0 Å². The molecule has 0 bridgehead atoms. The minimum absolute atomic E-state index is 0. The summed E-state index contributed by atoms with van der Waals surface area (Å²) in [6.45, 7) is 2.68. The van der Waals surface area contributed by atoms with Gasteiger partial charge in [-0.15, -0.1) is 12.4 Å². The highest BCUT2D eigenvalue weighted by molar-refractivity contribution is 5.85. The molecular formula is C10H16ClNO. The summed E-state index contributed by atoms with van der Waals surface area (Å²) in [4.78, 5) is 0. The van der Waals surface area contributed by atoms with Gasteiger partial charge in [-0.05, 0) is 12.0 Å². The van der Waals surface area contributed by atoms with E-state index in [0.717, 1.165) is 13.0 Å². The SMILES string of the molecule is CCC(O)NCc1ccccc1.Cl. The van der Waals surface area contributed by atoms with Crippen molar-refractivity contribution in [2.24, 2.45) is 0 Å². The Hall–Kier alpha value is -0.570. The van der Waals surface area contributed by atoms with Crippen LogP contribution in [0.2, 0.25) is 0 Å². The third kappa shape index (κ3) is 4.88. The summed E-state index contributed by atoms with van der Waals surface area (Å²) in [6.07, 6.45) is 0.359. The fraction of sp³-hybridized carbons (Fsp3) is 0.400. The standard InChI is InChI=1S/C10H15NO.ClH/c1-2-10(12)11-8-9-6-4-3-5-7-9;/h3-7,10-12H,2,8H2,1H3;1H. The highest BCUT2D eigenvalue weighted by Gasteiger charge is 1.97. The molecule has 0 fully saturated rings. The minimum atomic E-state index is -0.384. The van der Waals surface area contributed by atoms with Gasteiger partial charge in [-0.1, -0.05) is 37.3 Å². The Balaban J connectivity index is 0.00000144. The molecule has 0 radical (unpaired) electrons. The number of nitrogens with one attached hydrogen (secondary N) is 1. The van der Waals surface area contributed by atoms with Crippen LogP contribution in [0.3, 0.4) is 0 Å². The molecule has 0 aliphatic rings. The lowest BCUT2D eigenvalue weighted by Crippen LogP contribution is -2.27. The van der Waals surface area contributed by atoms with Crippen LogP contribution in [0.5, 0.6) is 0 Å². The van der Waals surface area contributed by atoms with Crippen molar-refractivity contribution in [1.29, 1.82) is 0 Å². The van der Waals surface area contributed by atoms with Crippen LogP contribution >= 0.6 is 12.4 Å². The van der Waals surface area contributed by atoms with Crippen LogP contribution in [0.15, 0.2) is 30.3 Å². The average Bonchev–Trinajstić information content (AvgIpc) is 2.16. The molecule has 1 unspecified atom stereocenters. The number of halogens is 1. The van der Waals surface area contributed by atoms with E-state index >= 15 is 0 Å². The van der Waals surface area contributed by atoms with Crippen LogP contribution in [-0.2, 0) is 6.54 Å². The first-order valence-corrected chi connectivity index (χ1v) is 4.28. The quantitative estimate of drug-likeness (QED) is 0.730. The second kappa shape index (κ2) is 6.89. The van der Waals surface area contributed by atoms with Gasteiger partial charge in [0.25, 0.3) is 0 Å². The third-order valence-corrected chi connectivity index (χ3v) is 1.77. The van der Waals surface area contributed by atoms with Crippen LogP contribution < -0.4 is 5.32 Å². The summed E-state index contributed by atoms with van der Waals surface area (Å²) in [6, 6.07) is 10.1. The molecule has 0 aliphatic heterocycles. The lowest BCUT2D eigenvalue weighted by molar-refractivity contribution is 0.131. The fourth-order valence-corrected chi connectivity index (χ4v) is 0.976. The fourth-order valence-electron chi connectivity index (χ4n) is 0.976. The Morgan fingerprint density at radius 1 is 1.31 bits per heavy atom. The first-order chi connectivity index (χ1) is 5.83. The van der Waals surface area contributed by atoms with E-state index in [1.165, 1.54) is 5.56 Å². The smallest absolute Gasteiger partial charge is 0.104 e. The largest absolute Gasteiger partial charge is 0.379 e. The maximum Gasteiger partial charge on any atom is 0.104 e. The molecule has 1 aromatic carbocycles. The molecule has 3 heteroatoms. The van der Waals surface area contributed by atoms with Crippen molar-refractivity contribution in [2.75, 3.05) is 0 Å². The van der Waals surface area contributed by atoms with E-state index in [4.69, 9.17) is 0 Å². The van der Waals surface area contributed by atoms with Gasteiger partial charge in [0.1, 0.15) is 6.23 Å². The highest BCUT2D eigenvalue weighted by Crippen LogP contribution is 1.98. The predicted octanol–water partition coefficient (Wildman–Crippen LogP) is 1.93. The van der Waals surface area contributed by atoms with E-state index in [2.05, 4.69) is 5.32 Å². The monoisotopic (exact) mass is 201 g/mol. The van der Waals surface area contributed by atoms with Gasteiger partial charge < -0.3 is 5.11 Å². The van der Waals surface area contributed by atoms with Crippen molar-refractivity contribution in [1.82, 2.24) is 5.32 Å². The molecule has 74 valence electrons. The van der Waals surface area contributed by atoms with Crippen LogP contribution in [0.4, 0.5) is 0 Å². The molecule has 13 heavy (non-hydrogen) atoms. The van der Waals surface area contributed by atoms with Crippen molar-refractivity contribution in [3.63, 3.8) is 0 Å². The molecule has 1 atom stereocenters. The van der Waals surface area contributed by atoms with Crippen molar-refractivity contribution >= 4 is 12.4 Å². The van der Waals surface area contributed by atoms with E-state index in [0.29, 0.717) is 0 Å². The highest BCUT2D eigenvalue weighted by atomic mass is 35.5. The molecule has 2 N–H and O–H groups in total. The Kier molecular flexibility index (Phi) is 6.59. The Labute approximate surface area is 85.4 Å². The molecule has 0 spiro atoms. The zero-order valence-corrected chi connectivity index (χ0v) is 8.55. The van der Waals surface area contributed by atoms with Gasteiger partial charge in [-0.2, -0.15) is 0 Å². The summed E-state index contributed by atoms with van der Waals surface area (Å²) < 4.78 is 0. The zero-order valence-electron chi connectivity index (χ0n) is 7.73. The zero-order chi connectivity index (χ0) is 8.81. The maximum atomic E-state index is 9.21. The van der Waals surface area contributed by atoms with Crippen molar-refractivity contribution in [3.05, 3.63) is 35.9 Å². The molecule has 1 rings (SSSR count). The van der Waals surface area contributed by atoms with Crippen molar-refractivity contribution in [3.8, 4) is 0 Å². The predicted molar refractivity (Wildman–Crippen MR) is 56.8 cm³/mol. The number of hydrogen-bond acceptors (Lipinski definition) is 2. The van der Waals surface area contributed by atoms with Gasteiger partial charge in [-0.25, -0.2) is 0 Å². The van der Waals surface area contributed by atoms with E-state index in [9.17, 15) is 5.11 Å². The summed E-state index contributed by atoms with van der Waals surface area (Å²) in [5.41, 5.74) is 1.20. The first kappa shape index (κ1) is 12.4. The first-order valence-electron chi connectivity index (χ1n) is 4.28. The van der Waals surface area contributed by atoms with Crippen molar-refractivity contribution in [2.45, 2.75) is 26.1 Å². The topological polar surface area (TPSA) is 32.3 Å². The van der Waals surface area contributed by atoms with E-state index in [1.807, 2.05) is 37.3 Å². The lowest BCUT2D eigenvalue weighted by atomic mass is 10.2. The second-order valence-corrected chi connectivity index (χ2v) is 2.79. The summed E-state index contributed by atoms with van der Waals surface area (Å²) in [5, 5.41) is 12.2. The van der Waals surface area contributed by atoms with Crippen LogP contribution in [-0.4, -0.2) is 11.3 Å².